The molecule has 0 saturated heterocycles. The minimum atomic E-state index is 0.679. The van der Waals surface area contributed by atoms with Crippen molar-refractivity contribution >= 4 is 15.9 Å². The first kappa shape index (κ1) is 16.9. The summed E-state index contributed by atoms with van der Waals surface area (Å²) in [4.78, 5) is 0. The monoisotopic (exact) mass is 339 g/mol. The lowest BCUT2D eigenvalue weighted by Gasteiger charge is -2.14. The molecule has 0 aromatic heterocycles. The van der Waals surface area contributed by atoms with Gasteiger partial charge in [-0.3, -0.25) is 0 Å². The fraction of sp³-hybridized carbons (Fsp3) is 0.500. The van der Waals surface area contributed by atoms with E-state index in [9.17, 15) is 0 Å². The Morgan fingerprint density at radius 3 is 2.85 bits per heavy atom. The third-order valence-electron chi connectivity index (χ3n) is 2.74. The molecule has 0 aliphatic carbocycles. The van der Waals surface area contributed by atoms with Crippen LogP contribution in [0.4, 0.5) is 0 Å². The van der Waals surface area contributed by atoms with E-state index >= 15 is 0 Å². The minimum absolute atomic E-state index is 0.679. The van der Waals surface area contributed by atoms with E-state index in [1.54, 1.807) is 7.11 Å². The zero-order valence-corrected chi connectivity index (χ0v) is 13.8. The number of halogens is 1. The highest BCUT2D eigenvalue weighted by Crippen LogP contribution is 2.36. The summed E-state index contributed by atoms with van der Waals surface area (Å²) in [6.07, 6.45) is 7.99. The summed E-state index contributed by atoms with van der Waals surface area (Å²) in [5, 5.41) is 3.36. The molecule has 1 aromatic carbocycles. The molecule has 0 bridgehead atoms. The first-order valence-corrected chi connectivity index (χ1v) is 7.65. The van der Waals surface area contributed by atoms with Crippen molar-refractivity contribution in [3.05, 3.63) is 22.2 Å². The van der Waals surface area contributed by atoms with Gasteiger partial charge in [-0.1, -0.05) is 6.92 Å². The number of benzene rings is 1. The molecule has 0 aliphatic rings. The van der Waals surface area contributed by atoms with Gasteiger partial charge in [0, 0.05) is 13.0 Å². The van der Waals surface area contributed by atoms with Gasteiger partial charge >= 0.3 is 0 Å². The maximum absolute atomic E-state index is 5.71. The zero-order valence-electron chi connectivity index (χ0n) is 12.2. The molecule has 110 valence electrons. The van der Waals surface area contributed by atoms with Crippen LogP contribution in [-0.2, 0) is 6.54 Å². The topological polar surface area (TPSA) is 30.5 Å². The maximum atomic E-state index is 5.71. The van der Waals surface area contributed by atoms with Crippen LogP contribution in [0.1, 0.15) is 31.7 Å². The van der Waals surface area contributed by atoms with Crippen LogP contribution >= 0.6 is 15.9 Å². The first-order valence-electron chi connectivity index (χ1n) is 6.86. The molecule has 1 N–H and O–H groups in total. The highest BCUT2D eigenvalue weighted by atomic mass is 79.9. The highest BCUT2D eigenvalue weighted by molar-refractivity contribution is 9.10. The van der Waals surface area contributed by atoms with Crippen molar-refractivity contribution in [1.29, 1.82) is 0 Å². The van der Waals surface area contributed by atoms with E-state index in [-0.39, 0.29) is 0 Å². The Hall–Kier alpha value is -1.18. The van der Waals surface area contributed by atoms with E-state index in [4.69, 9.17) is 15.9 Å². The van der Waals surface area contributed by atoms with Gasteiger partial charge in [0.05, 0.1) is 18.2 Å². The molecule has 3 nitrogen and oxygen atoms in total. The molecule has 0 aliphatic heterocycles. The summed E-state index contributed by atoms with van der Waals surface area (Å²) in [6, 6.07) is 4.06. The molecule has 0 heterocycles. The zero-order chi connectivity index (χ0) is 14.8. The first-order chi connectivity index (χ1) is 9.72. The van der Waals surface area contributed by atoms with E-state index in [0.717, 1.165) is 53.9 Å². The van der Waals surface area contributed by atoms with Gasteiger partial charge in [-0.2, -0.15) is 0 Å². The van der Waals surface area contributed by atoms with Gasteiger partial charge in [0.25, 0.3) is 0 Å². The smallest absolute Gasteiger partial charge is 0.175 e. The second-order valence-electron chi connectivity index (χ2n) is 4.44. The van der Waals surface area contributed by atoms with E-state index in [2.05, 4.69) is 40.2 Å². The van der Waals surface area contributed by atoms with Gasteiger partial charge in [-0.15, -0.1) is 12.3 Å². The second kappa shape index (κ2) is 9.68. The number of hydrogen-bond acceptors (Lipinski definition) is 3. The Labute approximate surface area is 130 Å². The Morgan fingerprint density at radius 1 is 1.40 bits per heavy atom. The molecular weight excluding hydrogens is 318 g/mol. The number of ether oxygens (including phenoxy) is 2. The van der Waals surface area contributed by atoms with Crippen LogP contribution in [0.15, 0.2) is 16.6 Å². The molecule has 0 unspecified atom stereocenters. The second-order valence-corrected chi connectivity index (χ2v) is 5.30. The molecule has 0 spiro atoms. The Bertz CT molecular complexity index is 455. The fourth-order valence-corrected chi connectivity index (χ4v) is 2.37. The number of nitrogens with one attached hydrogen (secondary N) is 1. The number of terminal acetylenes is 1. The third kappa shape index (κ3) is 5.44. The summed E-state index contributed by atoms with van der Waals surface area (Å²) in [7, 11) is 1.66. The molecule has 4 heteroatoms. The number of hydrogen-bond donors (Lipinski definition) is 1. The number of methoxy groups -OCH3 is 1. The van der Waals surface area contributed by atoms with Gasteiger partial charge in [-0.05, 0) is 53.0 Å². The molecule has 0 atom stereocenters. The standard InChI is InChI=1S/C16H22BrNO2/c1-4-6-7-8-18-12-13-10-14(17)16(20-9-5-2)15(11-13)19-3/h1,10-11,18H,5-9,12H2,2-3H3. The van der Waals surface area contributed by atoms with Gasteiger partial charge in [0.2, 0.25) is 0 Å². The summed E-state index contributed by atoms with van der Waals surface area (Å²) < 4.78 is 12.0. The van der Waals surface area contributed by atoms with Crippen LogP contribution in [0, 0.1) is 12.3 Å². The van der Waals surface area contributed by atoms with Crippen LogP contribution in [0.25, 0.3) is 0 Å². The summed E-state index contributed by atoms with van der Waals surface area (Å²) in [6.45, 7) is 4.46. The maximum Gasteiger partial charge on any atom is 0.175 e. The third-order valence-corrected chi connectivity index (χ3v) is 3.33. The molecule has 0 radical (unpaired) electrons. The van der Waals surface area contributed by atoms with E-state index in [1.165, 1.54) is 0 Å². The van der Waals surface area contributed by atoms with Crippen molar-refractivity contribution in [3.8, 4) is 23.8 Å². The Balaban J connectivity index is 2.65. The molecule has 0 saturated carbocycles. The number of rotatable bonds is 9. The van der Waals surface area contributed by atoms with Crippen molar-refractivity contribution in [3.63, 3.8) is 0 Å². The van der Waals surface area contributed by atoms with Gasteiger partial charge in [0.1, 0.15) is 0 Å². The predicted octanol–water partition coefficient (Wildman–Crippen LogP) is 3.75. The SMILES string of the molecule is C#CCCCNCc1cc(Br)c(OCCC)c(OC)c1. The Morgan fingerprint density at radius 2 is 2.20 bits per heavy atom. The van der Waals surface area contributed by atoms with Crippen LogP contribution < -0.4 is 14.8 Å². The quantitative estimate of drug-likeness (QED) is 0.549. The number of unbranched alkanes of at least 4 members (excludes halogenated alkanes) is 1. The summed E-state index contributed by atoms with van der Waals surface area (Å²) in [5.41, 5.74) is 1.15. The van der Waals surface area contributed by atoms with E-state index in [0.29, 0.717) is 6.61 Å². The largest absolute Gasteiger partial charge is 0.493 e. The molecule has 0 amide bonds. The van der Waals surface area contributed by atoms with Crippen LogP contribution in [-0.4, -0.2) is 20.3 Å². The average Bonchev–Trinajstić information content (AvgIpc) is 2.45. The van der Waals surface area contributed by atoms with Crippen LogP contribution in [0.5, 0.6) is 11.5 Å². The predicted molar refractivity (Wildman–Crippen MR) is 86.3 cm³/mol. The van der Waals surface area contributed by atoms with Gasteiger partial charge in [0.15, 0.2) is 11.5 Å². The fourth-order valence-electron chi connectivity index (χ4n) is 1.77. The lowest BCUT2D eigenvalue weighted by Crippen LogP contribution is -2.14. The highest BCUT2D eigenvalue weighted by Gasteiger charge is 2.11. The van der Waals surface area contributed by atoms with Crippen molar-refractivity contribution in [2.75, 3.05) is 20.3 Å². The molecular formula is C16H22BrNO2. The minimum Gasteiger partial charge on any atom is -0.493 e. The summed E-state index contributed by atoms with van der Waals surface area (Å²) in [5.74, 6) is 4.16. The lowest BCUT2D eigenvalue weighted by atomic mass is 10.2. The molecule has 0 fully saturated rings. The lowest BCUT2D eigenvalue weighted by molar-refractivity contribution is 0.292. The molecule has 20 heavy (non-hydrogen) atoms. The van der Waals surface area contributed by atoms with E-state index < -0.39 is 0 Å². The normalized spacial score (nSPS) is 10.1. The van der Waals surface area contributed by atoms with Crippen molar-refractivity contribution < 1.29 is 9.47 Å². The van der Waals surface area contributed by atoms with Gasteiger partial charge < -0.3 is 14.8 Å². The molecule has 1 aromatic rings. The van der Waals surface area contributed by atoms with Crippen molar-refractivity contribution in [2.45, 2.75) is 32.7 Å². The van der Waals surface area contributed by atoms with Gasteiger partial charge in [-0.25, -0.2) is 0 Å². The average molecular weight is 340 g/mol. The van der Waals surface area contributed by atoms with E-state index in [1.807, 2.05) is 6.07 Å². The molecule has 1 rings (SSSR count). The van der Waals surface area contributed by atoms with Crippen molar-refractivity contribution in [1.82, 2.24) is 5.32 Å². The van der Waals surface area contributed by atoms with Crippen molar-refractivity contribution in [2.24, 2.45) is 0 Å². The van der Waals surface area contributed by atoms with Crippen LogP contribution in [0.3, 0.4) is 0 Å². The summed E-state index contributed by atoms with van der Waals surface area (Å²) >= 11 is 3.54. The Kier molecular flexibility index (Phi) is 8.17. The van der Waals surface area contributed by atoms with Crippen LogP contribution in [0.2, 0.25) is 0 Å².